The summed E-state index contributed by atoms with van der Waals surface area (Å²) in [5.74, 6) is -0.230. The Labute approximate surface area is 147 Å². The Hall–Kier alpha value is -2.44. The quantitative estimate of drug-likeness (QED) is 0.887. The van der Waals surface area contributed by atoms with Gasteiger partial charge in [-0.15, -0.1) is 0 Å². The first-order chi connectivity index (χ1) is 12.1. The van der Waals surface area contributed by atoms with Crippen LogP contribution >= 0.6 is 0 Å². The molecule has 1 saturated heterocycles. The third-order valence-corrected chi connectivity index (χ3v) is 4.49. The number of hydrogen-bond acceptors (Lipinski definition) is 4. The van der Waals surface area contributed by atoms with E-state index in [0.717, 1.165) is 18.7 Å². The van der Waals surface area contributed by atoms with Crippen molar-refractivity contribution in [2.45, 2.75) is 6.04 Å². The fourth-order valence-electron chi connectivity index (χ4n) is 3.00. The lowest BCUT2D eigenvalue weighted by Crippen LogP contribution is -2.43. The summed E-state index contributed by atoms with van der Waals surface area (Å²) < 4.78 is 6.88. The highest BCUT2D eigenvalue weighted by Crippen LogP contribution is 2.21. The van der Waals surface area contributed by atoms with Crippen molar-refractivity contribution in [3.05, 3.63) is 70.1 Å². The minimum Gasteiger partial charge on any atom is -0.379 e. The molecule has 1 aliphatic rings. The van der Waals surface area contributed by atoms with Crippen LogP contribution in [-0.2, 0) is 11.8 Å². The summed E-state index contributed by atoms with van der Waals surface area (Å²) in [7, 11) is 1.66. The highest BCUT2D eigenvalue weighted by Gasteiger charge is 2.23. The van der Waals surface area contributed by atoms with E-state index in [1.165, 1.54) is 10.6 Å². The first kappa shape index (κ1) is 17.4. The second kappa shape index (κ2) is 8.09. The van der Waals surface area contributed by atoms with Gasteiger partial charge >= 0.3 is 0 Å². The van der Waals surface area contributed by atoms with Gasteiger partial charge < -0.3 is 14.6 Å². The second-order valence-electron chi connectivity index (χ2n) is 6.15. The maximum atomic E-state index is 12.4. The van der Waals surface area contributed by atoms with E-state index in [0.29, 0.717) is 25.3 Å². The number of rotatable bonds is 5. The fourth-order valence-corrected chi connectivity index (χ4v) is 3.00. The van der Waals surface area contributed by atoms with E-state index in [1.54, 1.807) is 19.3 Å². The second-order valence-corrected chi connectivity index (χ2v) is 6.15. The van der Waals surface area contributed by atoms with Crippen molar-refractivity contribution in [2.24, 2.45) is 7.05 Å². The molecule has 6 nitrogen and oxygen atoms in total. The number of amides is 1. The van der Waals surface area contributed by atoms with E-state index in [4.69, 9.17) is 4.74 Å². The molecule has 3 rings (SSSR count). The van der Waals surface area contributed by atoms with Gasteiger partial charge in [0.05, 0.1) is 19.3 Å². The number of aromatic nitrogens is 1. The molecule has 1 aromatic heterocycles. The largest absolute Gasteiger partial charge is 0.379 e. The number of carbonyl (C=O) groups excluding carboxylic acids is 1. The lowest BCUT2D eigenvalue weighted by Gasteiger charge is -2.35. The number of ether oxygens (including phenoxy) is 1. The highest BCUT2D eigenvalue weighted by molar-refractivity contribution is 5.94. The molecule has 1 atom stereocenters. The van der Waals surface area contributed by atoms with Gasteiger partial charge in [0.2, 0.25) is 0 Å². The van der Waals surface area contributed by atoms with Crippen LogP contribution in [0.15, 0.2) is 53.5 Å². The zero-order valence-electron chi connectivity index (χ0n) is 14.4. The Bertz CT molecular complexity index is 767. The van der Waals surface area contributed by atoms with E-state index < -0.39 is 0 Å². The molecule has 1 unspecified atom stereocenters. The smallest absolute Gasteiger partial charge is 0.251 e. The maximum absolute atomic E-state index is 12.4. The summed E-state index contributed by atoms with van der Waals surface area (Å²) in [5.41, 5.74) is 1.35. The standard InChI is InChI=1S/C19H23N3O3/c1-21-8-7-16(13-18(21)23)19(24)20-14-17(15-5-3-2-4-6-15)22-9-11-25-12-10-22/h2-8,13,17H,9-12,14H2,1H3,(H,20,24). The molecule has 1 N–H and O–H groups in total. The van der Waals surface area contributed by atoms with Gasteiger partial charge in [0.25, 0.3) is 11.5 Å². The van der Waals surface area contributed by atoms with Crippen LogP contribution in [0.4, 0.5) is 0 Å². The summed E-state index contributed by atoms with van der Waals surface area (Å²) in [6.07, 6.45) is 1.61. The third-order valence-electron chi connectivity index (χ3n) is 4.49. The van der Waals surface area contributed by atoms with Crippen LogP contribution in [0.3, 0.4) is 0 Å². The molecule has 0 spiro atoms. The average Bonchev–Trinajstić information content (AvgIpc) is 2.66. The third kappa shape index (κ3) is 4.35. The Balaban J connectivity index is 1.72. The number of nitrogens with one attached hydrogen (secondary N) is 1. The predicted molar refractivity (Wildman–Crippen MR) is 95.6 cm³/mol. The van der Waals surface area contributed by atoms with Crippen LogP contribution in [0.25, 0.3) is 0 Å². The summed E-state index contributed by atoms with van der Waals surface area (Å²) in [4.78, 5) is 26.5. The van der Waals surface area contributed by atoms with Crippen molar-refractivity contribution in [2.75, 3.05) is 32.8 Å². The van der Waals surface area contributed by atoms with Crippen LogP contribution in [0.1, 0.15) is 22.0 Å². The molecule has 0 bridgehead atoms. The van der Waals surface area contributed by atoms with Gasteiger partial charge in [-0.1, -0.05) is 30.3 Å². The topological polar surface area (TPSA) is 63.6 Å². The van der Waals surface area contributed by atoms with Crippen molar-refractivity contribution < 1.29 is 9.53 Å². The van der Waals surface area contributed by atoms with E-state index >= 15 is 0 Å². The Morgan fingerprint density at radius 2 is 1.92 bits per heavy atom. The number of benzene rings is 1. The first-order valence-electron chi connectivity index (χ1n) is 8.47. The number of morpholine rings is 1. The van der Waals surface area contributed by atoms with Crippen molar-refractivity contribution in [1.82, 2.24) is 14.8 Å². The predicted octanol–water partition coefficient (Wildman–Crippen LogP) is 1.19. The monoisotopic (exact) mass is 341 g/mol. The minimum atomic E-state index is -0.230. The summed E-state index contributed by atoms with van der Waals surface area (Å²) in [6.45, 7) is 3.55. The Morgan fingerprint density at radius 3 is 2.60 bits per heavy atom. The van der Waals surface area contributed by atoms with E-state index in [2.05, 4.69) is 22.3 Å². The lowest BCUT2D eigenvalue weighted by atomic mass is 10.0. The van der Waals surface area contributed by atoms with Crippen molar-refractivity contribution in [3.8, 4) is 0 Å². The van der Waals surface area contributed by atoms with Gasteiger partial charge in [0.1, 0.15) is 0 Å². The number of aryl methyl sites for hydroxylation is 1. The number of hydrogen-bond donors (Lipinski definition) is 1. The van der Waals surface area contributed by atoms with Crippen LogP contribution < -0.4 is 10.9 Å². The fraction of sp³-hybridized carbons (Fsp3) is 0.368. The van der Waals surface area contributed by atoms with Crippen LogP contribution in [0, 0.1) is 0 Å². The van der Waals surface area contributed by atoms with Crippen LogP contribution in [0.5, 0.6) is 0 Å². The zero-order chi connectivity index (χ0) is 17.6. The Kier molecular flexibility index (Phi) is 5.63. The molecule has 0 radical (unpaired) electrons. The summed E-state index contributed by atoms with van der Waals surface area (Å²) in [5, 5.41) is 2.97. The molecule has 0 saturated carbocycles. The molecular weight excluding hydrogens is 318 g/mol. The zero-order valence-corrected chi connectivity index (χ0v) is 14.4. The minimum absolute atomic E-state index is 0.0839. The molecule has 1 amide bonds. The lowest BCUT2D eigenvalue weighted by molar-refractivity contribution is 0.0162. The molecule has 2 aromatic rings. The average molecular weight is 341 g/mol. The van der Waals surface area contributed by atoms with Gasteiger partial charge in [-0.25, -0.2) is 0 Å². The molecule has 25 heavy (non-hydrogen) atoms. The van der Waals surface area contributed by atoms with Gasteiger partial charge in [-0.2, -0.15) is 0 Å². The maximum Gasteiger partial charge on any atom is 0.251 e. The Morgan fingerprint density at radius 1 is 1.20 bits per heavy atom. The van der Waals surface area contributed by atoms with Gasteiger partial charge in [0.15, 0.2) is 0 Å². The van der Waals surface area contributed by atoms with Gasteiger partial charge in [-0.05, 0) is 11.6 Å². The van der Waals surface area contributed by atoms with Crippen LogP contribution in [0.2, 0.25) is 0 Å². The molecule has 2 heterocycles. The number of nitrogens with zero attached hydrogens (tertiary/aromatic N) is 2. The van der Waals surface area contributed by atoms with Crippen molar-refractivity contribution in [3.63, 3.8) is 0 Å². The van der Waals surface area contributed by atoms with Gasteiger partial charge in [-0.3, -0.25) is 14.5 Å². The molecule has 0 aliphatic carbocycles. The van der Waals surface area contributed by atoms with E-state index in [9.17, 15) is 9.59 Å². The molecule has 1 aliphatic heterocycles. The molecule has 1 aromatic carbocycles. The number of pyridine rings is 1. The van der Waals surface area contributed by atoms with Gasteiger partial charge in [0, 0.05) is 44.5 Å². The van der Waals surface area contributed by atoms with Crippen molar-refractivity contribution >= 4 is 5.91 Å². The van der Waals surface area contributed by atoms with Crippen molar-refractivity contribution in [1.29, 1.82) is 0 Å². The first-order valence-corrected chi connectivity index (χ1v) is 8.47. The molecule has 6 heteroatoms. The summed E-state index contributed by atoms with van der Waals surface area (Å²) >= 11 is 0. The SMILES string of the molecule is Cn1ccc(C(=O)NCC(c2ccccc2)N2CCOCC2)cc1=O. The highest BCUT2D eigenvalue weighted by atomic mass is 16.5. The van der Waals surface area contributed by atoms with Crippen LogP contribution in [-0.4, -0.2) is 48.2 Å². The molecule has 1 fully saturated rings. The summed E-state index contributed by atoms with van der Waals surface area (Å²) in [6, 6.07) is 13.2. The normalized spacial score (nSPS) is 16.4. The van der Waals surface area contributed by atoms with E-state index in [-0.39, 0.29) is 17.5 Å². The van der Waals surface area contributed by atoms with E-state index in [1.807, 2.05) is 18.2 Å². The number of carbonyl (C=O) groups is 1. The molecular formula is C19H23N3O3. The molecule has 132 valence electrons.